The summed E-state index contributed by atoms with van der Waals surface area (Å²) in [6.07, 6.45) is 0.985. The summed E-state index contributed by atoms with van der Waals surface area (Å²) < 4.78 is 0. The smallest absolute Gasteiger partial charge is 0.141 e. The van der Waals surface area contributed by atoms with Gasteiger partial charge in [0.15, 0.2) is 0 Å². The minimum atomic E-state index is -0.105. The lowest BCUT2D eigenvalue weighted by atomic mass is 10.1. The van der Waals surface area contributed by atoms with Gasteiger partial charge in [-0.15, -0.1) is 0 Å². The molecule has 13 heavy (non-hydrogen) atoms. The molecule has 2 heteroatoms. The van der Waals surface area contributed by atoms with E-state index in [0.717, 1.165) is 18.4 Å². The highest BCUT2D eigenvalue weighted by Crippen LogP contribution is 2.15. The van der Waals surface area contributed by atoms with Gasteiger partial charge in [0, 0.05) is 0 Å². The molecule has 0 aliphatic carbocycles. The molecule has 0 saturated carbocycles. The number of carbonyl (C=O) groups is 1. The maximum Gasteiger partial charge on any atom is 0.141 e. The van der Waals surface area contributed by atoms with Crippen LogP contribution in [0.2, 0.25) is 0 Å². The summed E-state index contributed by atoms with van der Waals surface area (Å²) in [5, 5.41) is 0. The fourth-order valence-corrected chi connectivity index (χ4v) is 1.28. The Kier molecular flexibility index (Phi) is 3.65. The first-order valence-corrected chi connectivity index (χ1v) is 4.50. The summed E-state index contributed by atoms with van der Waals surface area (Å²) in [6, 6.07) is 9.71. The van der Waals surface area contributed by atoms with E-state index < -0.39 is 0 Å². The largest absolute Gasteiger partial charge is 0.301 e. The molecule has 0 radical (unpaired) electrons. The van der Waals surface area contributed by atoms with Crippen LogP contribution in [0.5, 0.6) is 0 Å². The van der Waals surface area contributed by atoms with Crippen molar-refractivity contribution < 1.29 is 4.79 Å². The van der Waals surface area contributed by atoms with Gasteiger partial charge in [0.1, 0.15) is 6.29 Å². The highest BCUT2D eigenvalue weighted by atomic mass is 16.1. The monoisotopic (exact) mass is 177 g/mol. The fourth-order valence-electron chi connectivity index (χ4n) is 1.28. The molecule has 0 aromatic heterocycles. The molecule has 1 rings (SSSR count). The first-order valence-electron chi connectivity index (χ1n) is 4.50. The number of aldehydes is 1. The molecule has 1 aromatic carbocycles. The van der Waals surface area contributed by atoms with Crippen molar-refractivity contribution in [2.24, 2.45) is 0 Å². The summed E-state index contributed by atoms with van der Waals surface area (Å²) in [5.74, 6) is 0. The van der Waals surface area contributed by atoms with Gasteiger partial charge in [0.2, 0.25) is 0 Å². The van der Waals surface area contributed by atoms with Crippen LogP contribution in [0, 0.1) is 0 Å². The minimum absolute atomic E-state index is 0.105. The summed E-state index contributed by atoms with van der Waals surface area (Å²) in [6.45, 7) is 2.91. The van der Waals surface area contributed by atoms with Crippen LogP contribution >= 0.6 is 0 Å². The van der Waals surface area contributed by atoms with Crippen LogP contribution in [0.4, 0.5) is 0 Å². The maximum absolute atomic E-state index is 10.9. The van der Waals surface area contributed by atoms with Crippen LogP contribution in [-0.4, -0.2) is 24.8 Å². The van der Waals surface area contributed by atoms with Gasteiger partial charge in [-0.1, -0.05) is 37.3 Å². The quantitative estimate of drug-likeness (QED) is 0.654. The predicted octanol–water partition coefficient (Wildman–Crippen LogP) is 1.88. The molecule has 70 valence electrons. The van der Waals surface area contributed by atoms with Crippen LogP contribution in [0.3, 0.4) is 0 Å². The third kappa shape index (κ3) is 2.39. The van der Waals surface area contributed by atoms with Crippen LogP contribution in [0.1, 0.15) is 18.5 Å². The molecular formula is C11H15NO. The molecule has 1 unspecified atom stereocenters. The summed E-state index contributed by atoms with van der Waals surface area (Å²) in [5.41, 5.74) is 1.06. The Hall–Kier alpha value is -1.15. The zero-order chi connectivity index (χ0) is 9.68. The molecule has 0 aliphatic rings. The second-order valence-electron chi connectivity index (χ2n) is 3.06. The van der Waals surface area contributed by atoms with E-state index in [9.17, 15) is 4.79 Å². The van der Waals surface area contributed by atoms with E-state index in [1.807, 2.05) is 49.2 Å². The van der Waals surface area contributed by atoms with Gasteiger partial charge in [-0.05, 0) is 19.2 Å². The molecule has 0 heterocycles. The van der Waals surface area contributed by atoms with Crippen molar-refractivity contribution in [3.05, 3.63) is 35.9 Å². The predicted molar refractivity (Wildman–Crippen MR) is 53.6 cm³/mol. The van der Waals surface area contributed by atoms with E-state index >= 15 is 0 Å². The number of benzene rings is 1. The van der Waals surface area contributed by atoms with E-state index in [1.54, 1.807) is 0 Å². The number of nitrogens with zero attached hydrogens (tertiary/aromatic N) is 1. The third-order valence-electron chi connectivity index (χ3n) is 2.24. The van der Waals surface area contributed by atoms with E-state index in [4.69, 9.17) is 0 Å². The lowest BCUT2D eigenvalue weighted by Gasteiger charge is -2.21. The molecule has 0 spiro atoms. The molecular weight excluding hydrogens is 162 g/mol. The molecule has 0 fully saturated rings. The van der Waals surface area contributed by atoms with E-state index in [0.29, 0.717) is 0 Å². The number of likely N-dealkylation sites (N-methyl/N-ethyl adjacent to an activating group) is 1. The van der Waals surface area contributed by atoms with Crippen molar-refractivity contribution in [2.45, 2.75) is 13.0 Å². The van der Waals surface area contributed by atoms with Gasteiger partial charge >= 0.3 is 0 Å². The normalized spacial score (nSPS) is 12.8. The van der Waals surface area contributed by atoms with Crippen LogP contribution in [0.25, 0.3) is 0 Å². The Morgan fingerprint density at radius 2 is 2.00 bits per heavy atom. The van der Waals surface area contributed by atoms with Crippen LogP contribution < -0.4 is 0 Å². The first-order chi connectivity index (χ1) is 6.29. The van der Waals surface area contributed by atoms with Crippen molar-refractivity contribution in [2.75, 3.05) is 13.6 Å². The lowest BCUT2D eigenvalue weighted by molar-refractivity contribution is -0.112. The fraction of sp³-hybridized carbons (Fsp3) is 0.364. The van der Waals surface area contributed by atoms with Crippen molar-refractivity contribution in [1.82, 2.24) is 4.90 Å². The van der Waals surface area contributed by atoms with E-state index in [2.05, 4.69) is 0 Å². The lowest BCUT2D eigenvalue weighted by Crippen LogP contribution is -2.25. The maximum atomic E-state index is 10.9. The molecule has 0 aliphatic heterocycles. The van der Waals surface area contributed by atoms with Crippen molar-refractivity contribution >= 4 is 6.29 Å². The molecule has 0 saturated heterocycles. The molecule has 0 amide bonds. The summed E-state index contributed by atoms with van der Waals surface area (Å²) in [7, 11) is 1.95. The summed E-state index contributed by atoms with van der Waals surface area (Å²) in [4.78, 5) is 12.9. The molecule has 2 nitrogen and oxygen atoms in total. The number of hydrogen-bond donors (Lipinski definition) is 0. The highest BCUT2D eigenvalue weighted by molar-refractivity contribution is 5.61. The highest BCUT2D eigenvalue weighted by Gasteiger charge is 2.13. The zero-order valence-corrected chi connectivity index (χ0v) is 8.10. The molecule has 1 aromatic rings. The Morgan fingerprint density at radius 3 is 2.46 bits per heavy atom. The van der Waals surface area contributed by atoms with Crippen LogP contribution in [0.15, 0.2) is 30.3 Å². The second-order valence-corrected chi connectivity index (χ2v) is 3.06. The Balaban J connectivity index is 2.84. The Bertz CT molecular complexity index is 258. The number of hydrogen-bond acceptors (Lipinski definition) is 2. The number of rotatable bonds is 4. The SMILES string of the molecule is CCN(C)C(C=O)c1ccccc1. The number of carbonyl (C=O) groups excluding carboxylic acids is 1. The van der Waals surface area contributed by atoms with Crippen molar-refractivity contribution in [1.29, 1.82) is 0 Å². The Labute approximate surface area is 79.2 Å². The molecule has 0 N–H and O–H groups in total. The average Bonchev–Trinajstić information content (AvgIpc) is 2.20. The van der Waals surface area contributed by atoms with Gasteiger partial charge in [-0.2, -0.15) is 0 Å². The second kappa shape index (κ2) is 4.77. The van der Waals surface area contributed by atoms with Crippen molar-refractivity contribution in [3.8, 4) is 0 Å². The molecule has 0 bridgehead atoms. The summed E-state index contributed by atoms with van der Waals surface area (Å²) >= 11 is 0. The van der Waals surface area contributed by atoms with Gasteiger partial charge in [0.25, 0.3) is 0 Å². The Morgan fingerprint density at radius 1 is 1.38 bits per heavy atom. The van der Waals surface area contributed by atoms with Gasteiger partial charge in [-0.3, -0.25) is 4.90 Å². The minimum Gasteiger partial charge on any atom is -0.301 e. The topological polar surface area (TPSA) is 20.3 Å². The van der Waals surface area contributed by atoms with Crippen LogP contribution in [-0.2, 0) is 4.79 Å². The average molecular weight is 177 g/mol. The van der Waals surface area contributed by atoms with Crippen molar-refractivity contribution in [3.63, 3.8) is 0 Å². The zero-order valence-electron chi connectivity index (χ0n) is 8.10. The third-order valence-corrected chi connectivity index (χ3v) is 2.24. The van der Waals surface area contributed by atoms with E-state index in [1.165, 1.54) is 0 Å². The molecule has 1 atom stereocenters. The van der Waals surface area contributed by atoms with Gasteiger partial charge in [-0.25, -0.2) is 0 Å². The van der Waals surface area contributed by atoms with Gasteiger partial charge < -0.3 is 4.79 Å². The first kappa shape index (κ1) is 9.93. The van der Waals surface area contributed by atoms with Gasteiger partial charge in [0.05, 0.1) is 6.04 Å². The standard InChI is InChI=1S/C11H15NO/c1-3-12(2)11(9-13)10-7-5-4-6-8-10/h4-9,11H,3H2,1-2H3. The van der Waals surface area contributed by atoms with E-state index in [-0.39, 0.29) is 6.04 Å².